The maximum absolute atomic E-state index is 12.2. The van der Waals surface area contributed by atoms with E-state index in [-0.39, 0.29) is 5.78 Å². The summed E-state index contributed by atoms with van der Waals surface area (Å²) in [5, 5.41) is 0. The third-order valence-corrected chi connectivity index (χ3v) is 3.69. The summed E-state index contributed by atoms with van der Waals surface area (Å²) in [6.07, 6.45) is 0.616. The lowest BCUT2D eigenvalue weighted by molar-refractivity contribution is 0.0966. The highest BCUT2D eigenvalue weighted by Gasteiger charge is 2.11. The summed E-state index contributed by atoms with van der Waals surface area (Å²) in [5.74, 6) is 0.266. The first kappa shape index (κ1) is 14.9. The van der Waals surface area contributed by atoms with E-state index in [0.29, 0.717) is 6.42 Å². The van der Waals surface area contributed by atoms with Crippen LogP contribution in [0.15, 0.2) is 12.1 Å². The second kappa shape index (κ2) is 6.69. The van der Waals surface area contributed by atoms with Gasteiger partial charge in [-0.1, -0.05) is 19.9 Å². The number of rotatable bonds is 6. The van der Waals surface area contributed by atoms with Crippen LogP contribution in [0.4, 0.5) is 0 Å². The van der Waals surface area contributed by atoms with Gasteiger partial charge in [-0.15, -0.1) is 0 Å². The number of hydrogen-bond donors (Lipinski definition) is 0. The molecule has 0 aliphatic rings. The van der Waals surface area contributed by atoms with Crippen molar-refractivity contribution in [2.24, 2.45) is 0 Å². The zero-order chi connectivity index (χ0) is 13.7. The Morgan fingerprint density at radius 1 is 1.00 bits per heavy atom. The van der Waals surface area contributed by atoms with Crippen LogP contribution in [0, 0.1) is 20.8 Å². The quantitative estimate of drug-likeness (QED) is 0.717. The number of carbonyl (C=O) groups excluding carboxylic acids is 1. The Hall–Kier alpha value is -1.15. The van der Waals surface area contributed by atoms with E-state index in [2.05, 4.69) is 38.7 Å². The molecule has 1 aromatic carbocycles. The summed E-state index contributed by atoms with van der Waals surface area (Å²) in [5.41, 5.74) is 4.45. The fourth-order valence-corrected chi connectivity index (χ4v) is 2.20. The van der Waals surface area contributed by atoms with E-state index in [0.717, 1.165) is 30.8 Å². The van der Waals surface area contributed by atoms with Gasteiger partial charge < -0.3 is 4.90 Å². The summed E-state index contributed by atoms with van der Waals surface area (Å²) in [4.78, 5) is 14.5. The number of carbonyl (C=O) groups is 1. The van der Waals surface area contributed by atoms with E-state index >= 15 is 0 Å². The third kappa shape index (κ3) is 3.67. The SMILES string of the molecule is CCN(CC)CCC(=O)c1cc(C)c(C)cc1C. The molecule has 2 nitrogen and oxygen atoms in total. The molecule has 0 saturated heterocycles. The van der Waals surface area contributed by atoms with Crippen LogP contribution in [0.2, 0.25) is 0 Å². The van der Waals surface area contributed by atoms with Crippen LogP contribution < -0.4 is 0 Å². The number of Topliss-reactive ketones (excluding diaryl/α,β-unsaturated/α-hetero) is 1. The van der Waals surface area contributed by atoms with Gasteiger partial charge in [-0.2, -0.15) is 0 Å². The molecule has 0 aromatic heterocycles. The van der Waals surface area contributed by atoms with Crippen LogP contribution in [0.5, 0.6) is 0 Å². The van der Waals surface area contributed by atoms with Crippen LogP contribution in [0.25, 0.3) is 0 Å². The molecule has 0 aliphatic heterocycles. The standard InChI is InChI=1S/C16H25NO/c1-6-17(7-2)9-8-16(18)15-11-13(4)12(3)10-14(15)5/h10-11H,6-9H2,1-5H3. The first-order valence-electron chi connectivity index (χ1n) is 6.83. The van der Waals surface area contributed by atoms with E-state index in [4.69, 9.17) is 0 Å². The van der Waals surface area contributed by atoms with E-state index in [1.807, 2.05) is 13.0 Å². The van der Waals surface area contributed by atoms with Gasteiger partial charge in [-0.05, 0) is 56.6 Å². The number of ketones is 1. The minimum Gasteiger partial charge on any atom is -0.303 e. The minimum atomic E-state index is 0.266. The predicted octanol–water partition coefficient (Wildman–Crippen LogP) is 3.53. The molecule has 0 saturated carbocycles. The Morgan fingerprint density at radius 3 is 2.11 bits per heavy atom. The molecule has 0 fully saturated rings. The van der Waals surface area contributed by atoms with Gasteiger partial charge in [0.05, 0.1) is 0 Å². The average molecular weight is 247 g/mol. The molecular formula is C16H25NO. The lowest BCUT2D eigenvalue weighted by Gasteiger charge is -2.17. The van der Waals surface area contributed by atoms with Crippen molar-refractivity contribution in [2.45, 2.75) is 41.0 Å². The molecule has 0 bridgehead atoms. The molecule has 0 N–H and O–H groups in total. The van der Waals surface area contributed by atoms with Crippen molar-refractivity contribution in [1.29, 1.82) is 0 Å². The third-order valence-electron chi connectivity index (χ3n) is 3.69. The van der Waals surface area contributed by atoms with Crippen LogP contribution in [-0.2, 0) is 0 Å². The Kier molecular flexibility index (Phi) is 5.54. The predicted molar refractivity (Wildman–Crippen MR) is 77.4 cm³/mol. The van der Waals surface area contributed by atoms with E-state index in [1.165, 1.54) is 11.1 Å². The molecule has 0 aliphatic carbocycles. The normalized spacial score (nSPS) is 11.0. The zero-order valence-corrected chi connectivity index (χ0v) is 12.3. The van der Waals surface area contributed by atoms with Crippen molar-refractivity contribution in [2.75, 3.05) is 19.6 Å². The van der Waals surface area contributed by atoms with Gasteiger partial charge in [-0.3, -0.25) is 4.79 Å². The van der Waals surface area contributed by atoms with Gasteiger partial charge in [0.1, 0.15) is 0 Å². The average Bonchev–Trinajstić information content (AvgIpc) is 2.34. The van der Waals surface area contributed by atoms with Crippen LogP contribution in [0.1, 0.15) is 47.3 Å². The molecule has 2 heteroatoms. The highest BCUT2D eigenvalue weighted by atomic mass is 16.1. The molecule has 1 aromatic rings. The lowest BCUT2D eigenvalue weighted by Crippen LogP contribution is -2.25. The van der Waals surface area contributed by atoms with Gasteiger partial charge in [-0.25, -0.2) is 0 Å². The van der Waals surface area contributed by atoms with Gasteiger partial charge in [0, 0.05) is 18.5 Å². The van der Waals surface area contributed by atoms with Gasteiger partial charge in [0.2, 0.25) is 0 Å². The van der Waals surface area contributed by atoms with Crippen molar-refractivity contribution >= 4 is 5.78 Å². The smallest absolute Gasteiger partial charge is 0.164 e. The van der Waals surface area contributed by atoms with E-state index in [9.17, 15) is 4.79 Å². The largest absolute Gasteiger partial charge is 0.303 e. The van der Waals surface area contributed by atoms with E-state index < -0.39 is 0 Å². The highest BCUT2D eigenvalue weighted by molar-refractivity contribution is 5.97. The summed E-state index contributed by atoms with van der Waals surface area (Å²) >= 11 is 0. The van der Waals surface area contributed by atoms with Crippen molar-refractivity contribution in [3.63, 3.8) is 0 Å². The second-order valence-corrected chi connectivity index (χ2v) is 4.95. The second-order valence-electron chi connectivity index (χ2n) is 4.95. The maximum atomic E-state index is 12.2. The van der Waals surface area contributed by atoms with Crippen LogP contribution >= 0.6 is 0 Å². The maximum Gasteiger partial charge on any atom is 0.164 e. The summed E-state index contributed by atoms with van der Waals surface area (Å²) in [6, 6.07) is 4.15. The molecule has 0 unspecified atom stereocenters. The molecule has 0 radical (unpaired) electrons. The monoisotopic (exact) mass is 247 g/mol. The molecule has 0 amide bonds. The summed E-state index contributed by atoms with van der Waals surface area (Å²) < 4.78 is 0. The molecule has 0 heterocycles. The van der Waals surface area contributed by atoms with Crippen LogP contribution in [0.3, 0.4) is 0 Å². The number of aryl methyl sites for hydroxylation is 3. The van der Waals surface area contributed by atoms with Crippen molar-refractivity contribution in [3.8, 4) is 0 Å². The molecule has 0 spiro atoms. The summed E-state index contributed by atoms with van der Waals surface area (Å²) in [6.45, 7) is 13.3. The first-order valence-corrected chi connectivity index (χ1v) is 6.83. The topological polar surface area (TPSA) is 20.3 Å². The first-order chi connectivity index (χ1) is 8.49. The molecule has 1 rings (SSSR count). The van der Waals surface area contributed by atoms with E-state index in [1.54, 1.807) is 0 Å². The Labute approximate surface area is 111 Å². The fraction of sp³-hybridized carbons (Fsp3) is 0.562. The van der Waals surface area contributed by atoms with Crippen molar-refractivity contribution in [1.82, 2.24) is 4.90 Å². The number of nitrogens with zero attached hydrogens (tertiary/aromatic N) is 1. The molecule has 100 valence electrons. The van der Waals surface area contributed by atoms with Crippen molar-refractivity contribution < 1.29 is 4.79 Å². The van der Waals surface area contributed by atoms with Gasteiger partial charge >= 0.3 is 0 Å². The number of hydrogen-bond acceptors (Lipinski definition) is 2. The van der Waals surface area contributed by atoms with Gasteiger partial charge in [0.15, 0.2) is 5.78 Å². The Morgan fingerprint density at radius 2 is 1.56 bits per heavy atom. The van der Waals surface area contributed by atoms with Crippen LogP contribution in [-0.4, -0.2) is 30.3 Å². The van der Waals surface area contributed by atoms with Gasteiger partial charge in [0.25, 0.3) is 0 Å². The minimum absolute atomic E-state index is 0.266. The zero-order valence-electron chi connectivity index (χ0n) is 12.3. The fourth-order valence-electron chi connectivity index (χ4n) is 2.20. The molecular weight excluding hydrogens is 222 g/mol. The Bertz CT molecular complexity index is 419. The molecule has 18 heavy (non-hydrogen) atoms. The number of benzene rings is 1. The summed E-state index contributed by atoms with van der Waals surface area (Å²) in [7, 11) is 0. The molecule has 0 atom stereocenters. The Balaban J connectivity index is 2.76. The lowest BCUT2D eigenvalue weighted by atomic mass is 9.97. The highest BCUT2D eigenvalue weighted by Crippen LogP contribution is 2.17. The van der Waals surface area contributed by atoms with Crippen molar-refractivity contribution in [3.05, 3.63) is 34.4 Å².